The van der Waals surface area contributed by atoms with Crippen LogP contribution in [0.2, 0.25) is 0 Å². The van der Waals surface area contributed by atoms with Gasteiger partial charge >= 0.3 is 0 Å². The van der Waals surface area contributed by atoms with Crippen LogP contribution in [0.15, 0.2) is 47.8 Å². The predicted octanol–water partition coefficient (Wildman–Crippen LogP) is 4.62. The molecule has 1 saturated carbocycles. The minimum Gasteiger partial charge on any atom is -0.305 e. The summed E-state index contributed by atoms with van der Waals surface area (Å²) in [5.41, 5.74) is 1.38. The van der Waals surface area contributed by atoms with Gasteiger partial charge in [-0.3, -0.25) is 0 Å². The van der Waals surface area contributed by atoms with Crippen molar-refractivity contribution in [3.8, 4) is 0 Å². The Morgan fingerprint density at radius 2 is 1.84 bits per heavy atom. The van der Waals surface area contributed by atoms with Crippen molar-refractivity contribution in [3.63, 3.8) is 0 Å². The standard InChI is InChI=1S/C17H21NS/c1-2-9-15(10-3-1)17(16-11-6-12-19-16)18-13-14-7-4-5-8-14/h1-3,6,9-12,14,17-18H,4-5,7-8,13H2. The lowest BCUT2D eigenvalue weighted by atomic mass is 10.0. The molecular weight excluding hydrogens is 250 g/mol. The maximum Gasteiger partial charge on any atom is 0.0671 e. The van der Waals surface area contributed by atoms with Crippen LogP contribution in [0.5, 0.6) is 0 Å². The number of nitrogens with one attached hydrogen (secondary N) is 1. The van der Waals surface area contributed by atoms with Gasteiger partial charge in [-0.25, -0.2) is 0 Å². The van der Waals surface area contributed by atoms with Crippen LogP contribution in [0.4, 0.5) is 0 Å². The van der Waals surface area contributed by atoms with Gasteiger partial charge in [-0.05, 0) is 42.3 Å². The van der Waals surface area contributed by atoms with Crippen LogP contribution >= 0.6 is 11.3 Å². The molecule has 0 saturated heterocycles. The van der Waals surface area contributed by atoms with Crippen molar-refractivity contribution in [2.75, 3.05) is 6.54 Å². The number of hydrogen-bond donors (Lipinski definition) is 1. The van der Waals surface area contributed by atoms with Gasteiger partial charge in [-0.2, -0.15) is 0 Å². The van der Waals surface area contributed by atoms with E-state index in [4.69, 9.17) is 0 Å². The average molecular weight is 271 g/mol. The third kappa shape index (κ3) is 3.26. The van der Waals surface area contributed by atoms with E-state index in [1.165, 1.54) is 36.1 Å². The van der Waals surface area contributed by atoms with Gasteiger partial charge < -0.3 is 5.32 Å². The van der Waals surface area contributed by atoms with Gasteiger partial charge in [0.25, 0.3) is 0 Å². The van der Waals surface area contributed by atoms with E-state index in [1.807, 2.05) is 11.3 Å². The zero-order valence-electron chi connectivity index (χ0n) is 11.2. The highest BCUT2D eigenvalue weighted by Crippen LogP contribution is 2.28. The van der Waals surface area contributed by atoms with Crippen molar-refractivity contribution in [2.45, 2.75) is 31.7 Å². The molecule has 0 aliphatic heterocycles. The van der Waals surface area contributed by atoms with Crippen molar-refractivity contribution in [3.05, 3.63) is 58.3 Å². The van der Waals surface area contributed by atoms with E-state index in [1.54, 1.807) is 0 Å². The molecule has 0 amide bonds. The Bertz CT molecular complexity index is 471. The van der Waals surface area contributed by atoms with Crippen LogP contribution in [0.1, 0.15) is 42.2 Å². The van der Waals surface area contributed by atoms with Crippen molar-refractivity contribution < 1.29 is 0 Å². The molecule has 3 rings (SSSR count). The van der Waals surface area contributed by atoms with Crippen LogP contribution < -0.4 is 5.32 Å². The lowest BCUT2D eigenvalue weighted by molar-refractivity contribution is 0.466. The Morgan fingerprint density at radius 1 is 1.05 bits per heavy atom. The fourth-order valence-electron chi connectivity index (χ4n) is 2.98. The Balaban J connectivity index is 1.73. The van der Waals surface area contributed by atoms with Gasteiger partial charge in [0.2, 0.25) is 0 Å². The highest BCUT2D eigenvalue weighted by Gasteiger charge is 2.19. The molecule has 0 spiro atoms. The van der Waals surface area contributed by atoms with Crippen molar-refractivity contribution in [1.82, 2.24) is 5.32 Å². The van der Waals surface area contributed by atoms with Crippen molar-refractivity contribution >= 4 is 11.3 Å². The summed E-state index contributed by atoms with van der Waals surface area (Å²) in [6.45, 7) is 1.15. The number of benzene rings is 1. The second-order valence-corrected chi connectivity index (χ2v) is 6.40. The zero-order chi connectivity index (χ0) is 12.9. The summed E-state index contributed by atoms with van der Waals surface area (Å²) < 4.78 is 0. The van der Waals surface area contributed by atoms with Crippen molar-refractivity contribution in [1.29, 1.82) is 0 Å². The van der Waals surface area contributed by atoms with Crippen LogP contribution in [0.3, 0.4) is 0 Å². The summed E-state index contributed by atoms with van der Waals surface area (Å²) in [4.78, 5) is 1.42. The summed E-state index contributed by atoms with van der Waals surface area (Å²) in [5, 5.41) is 5.96. The molecule has 1 fully saturated rings. The lowest BCUT2D eigenvalue weighted by Gasteiger charge is -2.20. The first-order chi connectivity index (χ1) is 9.43. The van der Waals surface area contributed by atoms with E-state index in [-0.39, 0.29) is 0 Å². The summed E-state index contributed by atoms with van der Waals surface area (Å²) in [7, 11) is 0. The molecule has 1 unspecified atom stereocenters. The Morgan fingerprint density at radius 3 is 2.53 bits per heavy atom. The Labute approximate surface area is 119 Å². The van der Waals surface area contributed by atoms with Crippen LogP contribution in [0.25, 0.3) is 0 Å². The lowest BCUT2D eigenvalue weighted by Crippen LogP contribution is -2.26. The number of thiophene rings is 1. The third-order valence-corrected chi connectivity index (χ3v) is 4.98. The summed E-state index contributed by atoms with van der Waals surface area (Å²) in [6.07, 6.45) is 5.64. The van der Waals surface area contributed by atoms with Crippen molar-refractivity contribution in [2.24, 2.45) is 5.92 Å². The Kier molecular flexibility index (Phi) is 4.31. The van der Waals surface area contributed by atoms with Gasteiger partial charge in [-0.15, -0.1) is 11.3 Å². The molecule has 1 aromatic heterocycles. The van der Waals surface area contributed by atoms with Crippen LogP contribution in [-0.2, 0) is 0 Å². The normalized spacial score (nSPS) is 17.7. The van der Waals surface area contributed by atoms with E-state index < -0.39 is 0 Å². The van der Waals surface area contributed by atoms with E-state index in [0.717, 1.165) is 12.5 Å². The van der Waals surface area contributed by atoms with Gasteiger partial charge in [0.1, 0.15) is 0 Å². The molecule has 1 N–H and O–H groups in total. The highest BCUT2D eigenvalue weighted by molar-refractivity contribution is 7.10. The number of rotatable bonds is 5. The first kappa shape index (κ1) is 12.9. The maximum atomic E-state index is 3.79. The molecule has 2 aromatic rings. The SMILES string of the molecule is c1ccc(C(NCC2CCCC2)c2cccs2)cc1. The summed E-state index contributed by atoms with van der Waals surface area (Å²) in [5.74, 6) is 0.881. The minimum atomic E-state index is 0.363. The molecule has 0 radical (unpaired) electrons. The second kappa shape index (κ2) is 6.36. The first-order valence-electron chi connectivity index (χ1n) is 7.25. The van der Waals surface area contributed by atoms with Gasteiger partial charge in [0.15, 0.2) is 0 Å². The predicted molar refractivity (Wildman–Crippen MR) is 82.6 cm³/mol. The molecular formula is C17H21NS. The van der Waals surface area contributed by atoms with E-state index in [0.29, 0.717) is 6.04 Å². The molecule has 100 valence electrons. The van der Waals surface area contributed by atoms with Gasteiger partial charge in [0.05, 0.1) is 6.04 Å². The first-order valence-corrected chi connectivity index (χ1v) is 8.13. The molecule has 1 aliphatic carbocycles. The third-order valence-electron chi connectivity index (χ3n) is 4.05. The maximum absolute atomic E-state index is 3.79. The molecule has 1 aliphatic rings. The molecule has 0 bridgehead atoms. The highest BCUT2D eigenvalue weighted by atomic mass is 32.1. The van der Waals surface area contributed by atoms with E-state index in [9.17, 15) is 0 Å². The number of hydrogen-bond acceptors (Lipinski definition) is 2. The monoisotopic (exact) mass is 271 g/mol. The summed E-state index contributed by atoms with van der Waals surface area (Å²) in [6, 6.07) is 15.6. The van der Waals surface area contributed by atoms with E-state index in [2.05, 4.69) is 53.2 Å². The second-order valence-electron chi connectivity index (χ2n) is 5.42. The van der Waals surface area contributed by atoms with Crippen LogP contribution in [0, 0.1) is 5.92 Å². The summed E-state index contributed by atoms with van der Waals surface area (Å²) >= 11 is 1.85. The minimum absolute atomic E-state index is 0.363. The fraction of sp³-hybridized carbons (Fsp3) is 0.412. The molecule has 2 heteroatoms. The molecule has 1 heterocycles. The molecule has 1 nitrogen and oxygen atoms in total. The fourth-order valence-corrected chi connectivity index (χ4v) is 3.81. The quantitative estimate of drug-likeness (QED) is 0.837. The largest absolute Gasteiger partial charge is 0.305 e. The van der Waals surface area contributed by atoms with Crippen LogP contribution in [-0.4, -0.2) is 6.54 Å². The average Bonchev–Trinajstić information content (AvgIpc) is 3.13. The smallest absolute Gasteiger partial charge is 0.0671 e. The molecule has 19 heavy (non-hydrogen) atoms. The van der Waals surface area contributed by atoms with Gasteiger partial charge in [0, 0.05) is 4.88 Å². The topological polar surface area (TPSA) is 12.0 Å². The Hall–Kier alpha value is -1.12. The molecule has 1 aromatic carbocycles. The van der Waals surface area contributed by atoms with Gasteiger partial charge in [-0.1, -0.05) is 49.2 Å². The molecule has 1 atom stereocenters. The van der Waals surface area contributed by atoms with E-state index >= 15 is 0 Å². The zero-order valence-corrected chi connectivity index (χ0v) is 12.0.